The van der Waals surface area contributed by atoms with E-state index in [1.165, 1.54) is 19.8 Å². The van der Waals surface area contributed by atoms with E-state index >= 15 is 0 Å². The predicted molar refractivity (Wildman–Crippen MR) is 108 cm³/mol. The molecule has 3 rings (SSSR count). The number of nitrogens with one attached hydrogen (secondary N) is 1. The molecule has 0 bridgehead atoms. The average molecular weight is 403 g/mol. The highest BCUT2D eigenvalue weighted by molar-refractivity contribution is 6.32. The van der Waals surface area contributed by atoms with Crippen LogP contribution in [0.25, 0.3) is 0 Å². The van der Waals surface area contributed by atoms with Gasteiger partial charge in [-0.3, -0.25) is 9.59 Å². The number of nitrogens with zero attached hydrogens (tertiary/aromatic N) is 1. The van der Waals surface area contributed by atoms with Gasteiger partial charge >= 0.3 is 0 Å². The first kappa shape index (κ1) is 20.0. The Labute approximate surface area is 169 Å². The van der Waals surface area contributed by atoms with E-state index in [-0.39, 0.29) is 18.2 Å². The van der Waals surface area contributed by atoms with Gasteiger partial charge in [0.05, 0.1) is 30.8 Å². The molecule has 2 aromatic rings. The van der Waals surface area contributed by atoms with Crippen LogP contribution in [0.15, 0.2) is 36.4 Å². The van der Waals surface area contributed by atoms with Gasteiger partial charge in [0.15, 0.2) is 0 Å². The molecule has 0 aromatic heterocycles. The first-order chi connectivity index (χ1) is 13.4. The summed E-state index contributed by atoms with van der Waals surface area (Å²) < 4.78 is 10.5. The fourth-order valence-electron chi connectivity index (χ4n) is 3.21. The lowest BCUT2D eigenvalue weighted by Gasteiger charge is -2.17. The summed E-state index contributed by atoms with van der Waals surface area (Å²) in [6, 6.07) is 11.2. The summed E-state index contributed by atoms with van der Waals surface area (Å²) in [7, 11) is 2.99. The summed E-state index contributed by atoms with van der Waals surface area (Å²) >= 11 is 6.10. The summed E-state index contributed by atoms with van der Waals surface area (Å²) in [5.41, 5.74) is 2.67. The second kappa shape index (κ2) is 8.52. The number of likely N-dealkylation sites (tertiary alicyclic amines) is 1. The lowest BCUT2D eigenvalue weighted by Crippen LogP contribution is -2.28. The minimum absolute atomic E-state index is 0.0265. The average Bonchev–Trinajstić information content (AvgIpc) is 3.05. The van der Waals surface area contributed by atoms with Crippen molar-refractivity contribution < 1.29 is 19.1 Å². The number of anilines is 1. The van der Waals surface area contributed by atoms with Gasteiger partial charge < -0.3 is 19.7 Å². The molecule has 148 valence electrons. The fraction of sp³-hybridized carbons (Fsp3) is 0.333. The number of hydrogen-bond acceptors (Lipinski definition) is 4. The summed E-state index contributed by atoms with van der Waals surface area (Å²) in [6.07, 6.45) is 0.185. The number of methoxy groups -OCH3 is 2. The van der Waals surface area contributed by atoms with Crippen molar-refractivity contribution in [1.29, 1.82) is 0 Å². The van der Waals surface area contributed by atoms with Crippen LogP contribution in [0.3, 0.4) is 0 Å². The van der Waals surface area contributed by atoms with Gasteiger partial charge in [0, 0.05) is 31.6 Å². The highest BCUT2D eigenvalue weighted by Gasteiger charge is 2.34. The van der Waals surface area contributed by atoms with E-state index in [0.29, 0.717) is 35.3 Å². The van der Waals surface area contributed by atoms with E-state index in [2.05, 4.69) is 5.32 Å². The molecule has 1 fully saturated rings. The largest absolute Gasteiger partial charge is 0.495 e. The molecule has 2 amide bonds. The molecule has 0 radical (unpaired) electrons. The number of hydrogen-bond donors (Lipinski definition) is 1. The van der Waals surface area contributed by atoms with Crippen LogP contribution in [0.4, 0.5) is 5.69 Å². The van der Waals surface area contributed by atoms with E-state index in [0.717, 1.165) is 5.56 Å². The van der Waals surface area contributed by atoms with Gasteiger partial charge in [-0.05, 0) is 12.5 Å². The van der Waals surface area contributed by atoms with Gasteiger partial charge in [0.25, 0.3) is 0 Å². The smallest absolute Gasteiger partial charge is 0.229 e. The minimum Gasteiger partial charge on any atom is -0.495 e. The van der Waals surface area contributed by atoms with Gasteiger partial charge in [-0.2, -0.15) is 0 Å². The molecule has 1 aliphatic heterocycles. The molecule has 7 heteroatoms. The standard InChI is InChI=1S/C21H23ClN2O4/c1-13-4-6-14(7-5-13)11-24-12-15(8-20(24)25)21(26)23-17-10-18(27-2)16(22)9-19(17)28-3/h4-7,9-10,15H,8,11-12H2,1-3H3,(H,23,26). The lowest BCUT2D eigenvalue weighted by atomic mass is 10.1. The molecule has 1 N–H and O–H groups in total. The van der Waals surface area contributed by atoms with Crippen LogP contribution < -0.4 is 14.8 Å². The summed E-state index contributed by atoms with van der Waals surface area (Å²) in [5, 5.41) is 3.22. The van der Waals surface area contributed by atoms with Crippen LogP contribution >= 0.6 is 11.6 Å². The van der Waals surface area contributed by atoms with E-state index in [9.17, 15) is 9.59 Å². The van der Waals surface area contributed by atoms with Gasteiger partial charge in [0.2, 0.25) is 11.8 Å². The first-order valence-corrected chi connectivity index (χ1v) is 9.34. The SMILES string of the molecule is COc1cc(NC(=O)C2CC(=O)N(Cc3ccc(C)cc3)C2)c(OC)cc1Cl. The Morgan fingerprint density at radius 3 is 2.50 bits per heavy atom. The zero-order chi connectivity index (χ0) is 20.3. The number of carbonyl (C=O) groups excluding carboxylic acids is 2. The maximum atomic E-state index is 12.7. The maximum Gasteiger partial charge on any atom is 0.229 e. The van der Waals surface area contributed by atoms with E-state index in [1.807, 2.05) is 31.2 Å². The molecular formula is C21H23ClN2O4. The van der Waals surface area contributed by atoms with E-state index in [4.69, 9.17) is 21.1 Å². The molecule has 1 atom stereocenters. The molecule has 1 saturated heterocycles. The van der Waals surface area contributed by atoms with Gasteiger partial charge in [-0.1, -0.05) is 41.4 Å². The molecule has 28 heavy (non-hydrogen) atoms. The van der Waals surface area contributed by atoms with Crippen molar-refractivity contribution in [1.82, 2.24) is 4.90 Å². The van der Waals surface area contributed by atoms with E-state index in [1.54, 1.807) is 17.0 Å². The van der Waals surface area contributed by atoms with Crippen LogP contribution in [0.5, 0.6) is 11.5 Å². The lowest BCUT2D eigenvalue weighted by molar-refractivity contribution is -0.128. The Balaban J connectivity index is 1.68. The third-order valence-corrected chi connectivity index (χ3v) is 5.11. The molecule has 0 saturated carbocycles. The zero-order valence-corrected chi connectivity index (χ0v) is 16.9. The minimum atomic E-state index is -0.427. The van der Waals surface area contributed by atoms with Crippen LogP contribution in [0.1, 0.15) is 17.5 Å². The summed E-state index contributed by atoms with van der Waals surface area (Å²) in [5.74, 6) is 0.175. The molecule has 1 heterocycles. The molecule has 0 aliphatic carbocycles. The van der Waals surface area contributed by atoms with Crippen LogP contribution in [-0.2, 0) is 16.1 Å². The van der Waals surface area contributed by atoms with Gasteiger partial charge in [0.1, 0.15) is 11.5 Å². The first-order valence-electron chi connectivity index (χ1n) is 8.97. The number of rotatable bonds is 6. The monoisotopic (exact) mass is 402 g/mol. The van der Waals surface area contributed by atoms with Crippen LogP contribution in [-0.4, -0.2) is 37.5 Å². The van der Waals surface area contributed by atoms with Gasteiger partial charge in [-0.15, -0.1) is 0 Å². The number of carbonyl (C=O) groups is 2. The van der Waals surface area contributed by atoms with E-state index < -0.39 is 5.92 Å². The van der Waals surface area contributed by atoms with Crippen molar-refractivity contribution in [2.75, 3.05) is 26.1 Å². The fourth-order valence-corrected chi connectivity index (χ4v) is 3.44. The van der Waals surface area contributed by atoms with Crippen molar-refractivity contribution in [3.05, 3.63) is 52.5 Å². The number of ether oxygens (including phenoxy) is 2. The van der Waals surface area contributed by atoms with Crippen molar-refractivity contribution in [2.45, 2.75) is 19.9 Å². The van der Waals surface area contributed by atoms with Gasteiger partial charge in [-0.25, -0.2) is 0 Å². The normalized spacial score (nSPS) is 16.2. The number of aryl methyl sites for hydroxylation is 1. The topological polar surface area (TPSA) is 67.9 Å². The quantitative estimate of drug-likeness (QED) is 0.800. The zero-order valence-electron chi connectivity index (χ0n) is 16.1. The highest BCUT2D eigenvalue weighted by Crippen LogP contribution is 2.36. The Bertz CT molecular complexity index is 883. The molecular weight excluding hydrogens is 380 g/mol. The van der Waals surface area contributed by atoms with Crippen molar-refractivity contribution in [3.63, 3.8) is 0 Å². The molecule has 0 spiro atoms. The second-order valence-corrected chi connectivity index (χ2v) is 7.24. The Hall–Kier alpha value is -2.73. The summed E-state index contributed by atoms with van der Waals surface area (Å²) in [4.78, 5) is 26.8. The number of benzene rings is 2. The molecule has 1 aliphatic rings. The van der Waals surface area contributed by atoms with Crippen molar-refractivity contribution in [2.24, 2.45) is 5.92 Å². The van der Waals surface area contributed by atoms with Crippen LogP contribution in [0, 0.1) is 12.8 Å². The second-order valence-electron chi connectivity index (χ2n) is 6.84. The Morgan fingerprint density at radius 2 is 1.86 bits per heavy atom. The third kappa shape index (κ3) is 4.39. The Kier molecular flexibility index (Phi) is 6.09. The molecule has 6 nitrogen and oxygen atoms in total. The molecule has 2 aromatic carbocycles. The Morgan fingerprint density at radius 1 is 1.18 bits per heavy atom. The van der Waals surface area contributed by atoms with Crippen molar-refractivity contribution >= 4 is 29.1 Å². The van der Waals surface area contributed by atoms with Crippen molar-refractivity contribution in [3.8, 4) is 11.5 Å². The predicted octanol–water partition coefficient (Wildman–Crippen LogP) is 3.65. The summed E-state index contributed by atoms with van der Waals surface area (Å²) in [6.45, 7) is 2.90. The highest BCUT2D eigenvalue weighted by atomic mass is 35.5. The van der Waals surface area contributed by atoms with Crippen LogP contribution in [0.2, 0.25) is 5.02 Å². The maximum absolute atomic E-state index is 12.7. The number of halogens is 1. The third-order valence-electron chi connectivity index (χ3n) is 4.81. The number of amides is 2. The molecule has 1 unspecified atom stereocenters.